The van der Waals surface area contributed by atoms with E-state index in [1.165, 1.54) is 0 Å². The van der Waals surface area contributed by atoms with Crippen LogP contribution in [0.2, 0.25) is 0 Å². The van der Waals surface area contributed by atoms with Crippen molar-refractivity contribution < 1.29 is 14.3 Å². The van der Waals surface area contributed by atoms with E-state index in [-0.39, 0.29) is 12.6 Å². The molecule has 2 aromatic rings. The molecule has 1 N–H and O–H groups in total. The van der Waals surface area contributed by atoms with Gasteiger partial charge >= 0.3 is 0 Å². The standard InChI is InChI=1S/C18H17NO3/c1-12-3-5-14(6-4-12)16(20)9-13(2)19-15-7-8-17-18(10-15)22-11-21-17/h3-10,19H,11H2,1-2H3/b13-9+. The summed E-state index contributed by atoms with van der Waals surface area (Å²) in [6.45, 7) is 4.10. The normalized spacial score (nSPS) is 13.1. The number of rotatable bonds is 4. The molecule has 1 heterocycles. The van der Waals surface area contributed by atoms with Gasteiger partial charge in [-0.15, -0.1) is 0 Å². The number of ether oxygens (including phenoxy) is 2. The van der Waals surface area contributed by atoms with E-state index in [2.05, 4.69) is 5.32 Å². The zero-order valence-electron chi connectivity index (χ0n) is 12.6. The molecule has 3 rings (SSSR count). The highest BCUT2D eigenvalue weighted by atomic mass is 16.7. The summed E-state index contributed by atoms with van der Waals surface area (Å²) in [5, 5.41) is 3.19. The fraction of sp³-hybridized carbons (Fsp3) is 0.167. The number of nitrogens with one attached hydrogen (secondary N) is 1. The van der Waals surface area contributed by atoms with Gasteiger partial charge in [0.15, 0.2) is 17.3 Å². The van der Waals surface area contributed by atoms with Crippen molar-refractivity contribution in [1.82, 2.24) is 0 Å². The Morgan fingerprint density at radius 2 is 1.82 bits per heavy atom. The van der Waals surface area contributed by atoms with Crippen molar-refractivity contribution in [1.29, 1.82) is 0 Å². The lowest BCUT2D eigenvalue weighted by molar-refractivity contribution is 0.104. The lowest BCUT2D eigenvalue weighted by Gasteiger charge is -2.07. The van der Waals surface area contributed by atoms with Gasteiger partial charge in [-0.25, -0.2) is 0 Å². The second-order valence-electron chi connectivity index (χ2n) is 5.25. The largest absolute Gasteiger partial charge is 0.454 e. The minimum atomic E-state index is -0.0225. The van der Waals surface area contributed by atoms with Crippen molar-refractivity contribution >= 4 is 11.5 Å². The molecule has 0 aromatic heterocycles. The van der Waals surface area contributed by atoms with Gasteiger partial charge in [0.1, 0.15) is 0 Å². The van der Waals surface area contributed by atoms with E-state index in [0.717, 1.165) is 22.7 Å². The smallest absolute Gasteiger partial charge is 0.231 e. The third-order valence-corrected chi connectivity index (χ3v) is 3.40. The number of benzene rings is 2. The predicted octanol–water partition coefficient (Wildman–Crippen LogP) is 3.92. The van der Waals surface area contributed by atoms with Gasteiger partial charge in [-0.2, -0.15) is 0 Å². The Morgan fingerprint density at radius 1 is 1.09 bits per heavy atom. The van der Waals surface area contributed by atoms with Crippen LogP contribution < -0.4 is 14.8 Å². The Bertz CT molecular complexity index is 732. The number of anilines is 1. The number of fused-ring (bicyclic) bond motifs is 1. The van der Waals surface area contributed by atoms with Crippen molar-refractivity contribution in [2.24, 2.45) is 0 Å². The zero-order chi connectivity index (χ0) is 15.5. The number of carbonyl (C=O) groups is 1. The van der Waals surface area contributed by atoms with E-state index >= 15 is 0 Å². The van der Waals surface area contributed by atoms with Crippen LogP contribution in [-0.2, 0) is 0 Å². The van der Waals surface area contributed by atoms with Crippen LogP contribution in [0.5, 0.6) is 11.5 Å². The highest BCUT2D eigenvalue weighted by Gasteiger charge is 2.13. The molecule has 0 aliphatic carbocycles. The summed E-state index contributed by atoms with van der Waals surface area (Å²) in [4.78, 5) is 12.2. The van der Waals surface area contributed by atoms with E-state index in [1.807, 2.05) is 56.3 Å². The van der Waals surface area contributed by atoms with Gasteiger partial charge in [0, 0.05) is 29.1 Å². The Balaban J connectivity index is 1.72. The highest BCUT2D eigenvalue weighted by molar-refractivity contribution is 6.05. The van der Waals surface area contributed by atoms with Crippen LogP contribution in [0.4, 0.5) is 5.69 Å². The zero-order valence-corrected chi connectivity index (χ0v) is 12.6. The van der Waals surface area contributed by atoms with Crippen molar-refractivity contribution in [2.45, 2.75) is 13.8 Å². The van der Waals surface area contributed by atoms with Crippen molar-refractivity contribution in [3.8, 4) is 11.5 Å². The molecule has 0 unspecified atom stereocenters. The molecule has 0 saturated carbocycles. The summed E-state index contributed by atoms with van der Waals surface area (Å²) in [6, 6.07) is 13.1. The average molecular weight is 295 g/mol. The van der Waals surface area contributed by atoms with Gasteiger partial charge in [-0.1, -0.05) is 29.8 Å². The number of hydrogen-bond acceptors (Lipinski definition) is 4. The Labute approximate surface area is 129 Å². The number of hydrogen-bond donors (Lipinski definition) is 1. The van der Waals surface area contributed by atoms with Crippen molar-refractivity contribution in [2.75, 3.05) is 12.1 Å². The molecule has 2 aromatic carbocycles. The summed E-state index contributed by atoms with van der Waals surface area (Å²) in [5.74, 6) is 1.43. The summed E-state index contributed by atoms with van der Waals surface area (Å²) < 4.78 is 10.6. The average Bonchev–Trinajstić information content (AvgIpc) is 2.95. The predicted molar refractivity (Wildman–Crippen MR) is 85.5 cm³/mol. The second-order valence-corrected chi connectivity index (χ2v) is 5.25. The van der Waals surface area contributed by atoms with Gasteiger partial charge in [0.05, 0.1) is 0 Å². The number of carbonyl (C=O) groups excluding carboxylic acids is 1. The first-order chi connectivity index (χ1) is 10.6. The minimum Gasteiger partial charge on any atom is -0.454 e. The van der Waals surface area contributed by atoms with Crippen LogP contribution >= 0.6 is 0 Å². The molecule has 0 atom stereocenters. The first-order valence-electron chi connectivity index (χ1n) is 7.08. The molecule has 0 amide bonds. The first-order valence-corrected chi connectivity index (χ1v) is 7.08. The maximum absolute atomic E-state index is 12.2. The molecule has 0 fully saturated rings. The van der Waals surface area contributed by atoms with Gasteiger partial charge in [-0.05, 0) is 26.0 Å². The highest BCUT2D eigenvalue weighted by Crippen LogP contribution is 2.34. The maximum Gasteiger partial charge on any atom is 0.231 e. The number of ketones is 1. The van der Waals surface area contributed by atoms with E-state index < -0.39 is 0 Å². The van der Waals surface area contributed by atoms with Gasteiger partial charge in [0.2, 0.25) is 6.79 Å². The molecular formula is C18H17NO3. The molecular weight excluding hydrogens is 278 g/mol. The van der Waals surface area contributed by atoms with E-state index in [1.54, 1.807) is 6.08 Å². The quantitative estimate of drug-likeness (QED) is 0.686. The topological polar surface area (TPSA) is 47.6 Å². The molecule has 1 aliphatic heterocycles. The van der Waals surface area contributed by atoms with Gasteiger partial charge in [-0.3, -0.25) is 4.79 Å². The van der Waals surface area contributed by atoms with Crippen molar-refractivity contribution in [3.05, 3.63) is 65.4 Å². The van der Waals surface area contributed by atoms with E-state index in [4.69, 9.17) is 9.47 Å². The van der Waals surface area contributed by atoms with E-state index in [9.17, 15) is 4.79 Å². The van der Waals surface area contributed by atoms with Gasteiger partial charge < -0.3 is 14.8 Å². The summed E-state index contributed by atoms with van der Waals surface area (Å²) in [7, 11) is 0. The molecule has 112 valence electrons. The molecule has 22 heavy (non-hydrogen) atoms. The van der Waals surface area contributed by atoms with Crippen molar-refractivity contribution in [3.63, 3.8) is 0 Å². The fourth-order valence-electron chi connectivity index (χ4n) is 2.24. The van der Waals surface area contributed by atoms with Crippen LogP contribution in [0, 0.1) is 6.92 Å². The van der Waals surface area contributed by atoms with Crippen LogP contribution in [0.3, 0.4) is 0 Å². The number of aryl methyl sites for hydroxylation is 1. The van der Waals surface area contributed by atoms with Crippen LogP contribution in [0.15, 0.2) is 54.2 Å². The van der Waals surface area contributed by atoms with Gasteiger partial charge in [0.25, 0.3) is 0 Å². The first kappa shape index (κ1) is 14.2. The minimum absolute atomic E-state index is 0.0225. The van der Waals surface area contributed by atoms with Crippen LogP contribution in [-0.4, -0.2) is 12.6 Å². The summed E-state index contributed by atoms with van der Waals surface area (Å²) in [6.07, 6.45) is 1.59. The molecule has 4 nitrogen and oxygen atoms in total. The molecule has 0 radical (unpaired) electrons. The number of allylic oxidation sites excluding steroid dienone is 2. The molecule has 0 bridgehead atoms. The Kier molecular flexibility index (Phi) is 3.83. The van der Waals surface area contributed by atoms with Crippen LogP contribution in [0.1, 0.15) is 22.8 Å². The second kappa shape index (κ2) is 5.93. The molecule has 0 spiro atoms. The lowest BCUT2D eigenvalue weighted by Crippen LogP contribution is -2.01. The molecule has 4 heteroatoms. The Hall–Kier alpha value is -2.75. The lowest BCUT2D eigenvalue weighted by atomic mass is 10.1. The van der Waals surface area contributed by atoms with Crippen LogP contribution in [0.25, 0.3) is 0 Å². The third kappa shape index (κ3) is 3.11. The van der Waals surface area contributed by atoms with E-state index in [0.29, 0.717) is 11.3 Å². The monoisotopic (exact) mass is 295 g/mol. The third-order valence-electron chi connectivity index (χ3n) is 3.40. The SMILES string of the molecule is C/C(=C\C(=O)c1ccc(C)cc1)Nc1ccc2c(c1)OCO2. The molecule has 1 aliphatic rings. The Morgan fingerprint density at radius 3 is 2.59 bits per heavy atom. The molecule has 0 saturated heterocycles. The summed E-state index contributed by atoms with van der Waals surface area (Å²) in [5.41, 5.74) is 3.44. The summed E-state index contributed by atoms with van der Waals surface area (Å²) >= 11 is 0. The fourth-order valence-corrected chi connectivity index (χ4v) is 2.24. The maximum atomic E-state index is 12.2.